The van der Waals surface area contributed by atoms with Crippen molar-refractivity contribution in [2.24, 2.45) is 0 Å². The van der Waals surface area contributed by atoms with E-state index in [1.165, 1.54) is 0 Å². The normalized spacial score (nSPS) is 12.9. The van der Waals surface area contributed by atoms with E-state index in [-0.39, 0.29) is 0 Å². The monoisotopic (exact) mass is 965 g/mol. The number of para-hydroxylation sites is 4. The maximum Gasteiger partial charge on any atom is 0.264 e. The standard InChI is InChI=1S/C66H36BNO5S/c1-5-17-37(18-6-1)39-29-31-46-50(33-39)71-63-56(46)54-44-25-13-15-27-48(44)69-61(54)59-65(63)73-52-35-43(68(41-21-9-3-10-22-41)42-23-11-4-12-24-42)36-53-58(52)67(59)60-62-55(45-26-14-16-28-49(45)70-62)57-47-32-30-40(38-19-7-2-8-20-38)34-51(47)72-64(57)66(60)74-53/h1-36H. The third kappa shape index (κ3) is 5.57. The van der Waals surface area contributed by atoms with E-state index in [2.05, 4.69) is 205 Å². The molecule has 15 aromatic rings. The topological polar surface area (TPSA) is 65.0 Å². The molecule has 0 N–H and O–H groups in total. The predicted octanol–water partition coefficient (Wildman–Crippen LogP) is 17.2. The van der Waals surface area contributed by atoms with Crippen LogP contribution in [0.4, 0.5) is 17.1 Å². The summed E-state index contributed by atoms with van der Waals surface area (Å²) < 4.78 is 36.7. The van der Waals surface area contributed by atoms with Crippen molar-refractivity contribution >= 4 is 140 Å². The second-order valence-electron chi connectivity index (χ2n) is 19.4. The van der Waals surface area contributed by atoms with E-state index in [1.807, 2.05) is 18.2 Å². The fraction of sp³-hybridized carbons (Fsp3) is 0. The van der Waals surface area contributed by atoms with E-state index < -0.39 is 6.71 Å². The molecular weight excluding hydrogens is 930 g/mol. The van der Waals surface area contributed by atoms with Crippen LogP contribution in [0.5, 0.6) is 11.5 Å². The average Bonchev–Trinajstić information content (AvgIpc) is 4.25. The molecule has 6 heterocycles. The third-order valence-electron chi connectivity index (χ3n) is 15.3. The molecular formula is C66H36BNO5S. The van der Waals surface area contributed by atoms with Gasteiger partial charge in [-0.1, -0.05) is 157 Å². The second-order valence-corrected chi connectivity index (χ2v) is 20.4. The molecule has 0 aliphatic carbocycles. The van der Waals surface area contributed by atoms with Crippen molar-refractivity contribution in [2.45, 2.75) is 9.79 Å². The van der Waals surface area contributed by atoms with E-state index in [9.17, 15) is 0 Å². The van der Waals surface area contributed by atoms with Crippen LogP contribution in [0.2, 0.25) is 0 Å². The van der Waals surface area contributed by atoms with Crippen LogP contribution in [-0.4, -0.2) is 6.71 Å². The number of nitrogens with zero attached hydrogens (tertiary/aromatic N) is 1. The van der Waals surface area contributed by atoms with Crippen molar-refractivity contribution in [3.05, 3.63) is 218 Å². The van der Waals surface area contributed by atoms with E-state index >= 15 is 0 Å². The molecule has 6 nitrogen and oxygen atoms in total. The van der Waals surface area contributed by atoms with Crippen molar-refractivity contribution in [3.8, 4) is 33.8 Å². The van der Waals surface area contributed by atoms with E-state index in [1.54, 1.807) is 11.8 Å². The van der Waals surface area contributed by atoms with Gasteiger partial charge in [0.1, 0.15) is 44.8 Å². The molecule has 0 unspecified atom stereocenters. The van der Waals surface area contributed by atoms with Gasteiger partial charge in [-0.25, -0.2) is 0 Å². The Kier molecular flexibility index (Phi) is 8.21. The zero-order valence-electron chi connectivity index (χ0n) is 39.3. The molecule has 0 fully saturated rings. The summed E-state index contributed by atoms with van der Waals surface area (Å²) >= 11 is 1.72. The van der Waals surface area contributed by atoms with Gasteiger partial charge in [-0.15, -0.1) is 0 Å². The minimum Gasteiger partial charge on any atom is -0.457 e. The molecule has 17 rings (SSSR count). The van der Waals surface area contributed by atoms with Gasteiger partial charge in [-0.2, -0.15) is 0 Å². The Bertz CT molecular complexity index is 4540. The summed E-state index contributed by atoms with van der Waals surface area (Å²) in [5.41, 5.74) is 16.5. The van der Waals surface area contributed by atoms with Crippen LogP contribution in [0.1, 0.15) is 0 Å². The number of hydrogen-bond acceptors (Lipinski definition) is 7. The van der Waals surface area contributed by atoms with Crippen LogP contribution in [-0.2, 0) is 0 Å². The Morgan fingerprint density at radius 1 is 0.338 bits per heavy atom. The molecule has 0 saturated carbocycles. The van der Waals surface area contributed by atoms with Crippen molar-refractivity contribution in [1.82, 2.24) is 0 Å². The molecule has 2 aliphatic rings. The Labute approximate surface area is 426 Å². The summed E-state index contributed by atoms with van der Waals surface area (Å²) in [5.74, 6) is 1.35. The SMILES string of the molecule is c1ccc(-c2ccc3c(c2)oc2c4c(c5oc6ccccc6c5c23)B2c3c(cc(N(c5ccccc5)c5ccccc5)cc3Sc3c2c2oc5ccccc5c2c2c3oc3cc(-c5ccccc5)ccc32)O4)cc1. The highest BCUT2D eigenvalue weighted by molar-refractivity contribution is 8.00. The molecule has 344 valence electrons. The highest BCUT2D eigenvalue weighted by Gasteiger charge is 2.47. The van der Waals surface area contributed by atoms with Gasteiger partial charge in [-0.05, 0) is 99.9 Å². The van der Waals surface area contributed by atoms with Gasteiger partial charge in [0, 0.05) is 70.9 Å². The number of anilines is 3. The largest absolute Gasteiger partial charge is 0.457 e. The summed E-state index contributed by atoms with van der Waals surface area (Å²) in [4.78, 5) is 4.33. The van der Waals surface area contributed by atoms with E-state index in [4.69, 9.17) is 22.4 Å². The summed E-state index contributed by atoms with van der Waals surface area (Å²) in [6.45, 7) is -0.447. The maximum absolute atomic E-state index is 7.58. The molecule has 0 amide bonds. The number of benzene rings is 11. The van der Waals surface area contributed by atoms with Gasteiger partial charge in [0.05, 0.1) is 10.6 Å². The maximum atomic E-state index is 7.58. The molecule has 8 heteroatoms. The predicted molar refractivity (Wildman–Crippen MR) is 303 cm³/mol. The van der Waals surface area contributed by atoms with Crippen LogP contribution >= 0.6 is 11.8 Å². The van der Waals surface area contributed by atoms with Gasteiger partial charge < -0.3 is 27.3 Å². The third-order valence-corrected chi connectivity index (χ3v) is 16.5. The summed E-state index contributed by atoms with van der Waals surface area (Å²) in [6, 6.07) is 76.4. The smallest absolute Gasteiger partial charge is 0.264 e. The Hall–Kier alpha value is -9.37. The lowest BCUT2D eigenvalue weighted by molar-refractivity contribution is 0.479. The fourth-order valence-corrected chi connectivity index (χ4v) is 13.5. The average molecular weight is 966 g/mol. The minimum absolute atomic E-state index is 0.447. The first-order valence-corrected chi connectivity index (χ1v) is 25.7. The van der Waals surface area contributed by atoms with Gasteiger partial charge in [-0.3, -0.25) is 0 Å². The number of ether oxygens (including phenoxy) is 1. The van der Waals surface area contributed by atoms with Gasteiger partial charge in [0.25, 0.3) is 6.71 Å². The Balaban J connectivity index is 1.03. The van der Waals surface area contributed by atoms with Crippen LogP contribution in [0.15, 0.2) is 246 Å². The first-order valence-electron chi connectivity index (χ1n) is 24.9. The molecule has 0 bridgehead atoms. The molecule has 0 atom stereocenters. The number of hydrogen-bond donors (Lipinski definition) is 0. The van der Waals surface area contributed by atoms with Crippen molar-refractivity contribution < 1.29 is 22.4 Å². The first kappa shape index (κ1) is 40.3. The number of furan rings is 4. The molecule has 11 aromatic carbocycles. The van der Waals surface area contributed by atoms with E-state index in [0.717, 1.165) is 153 Å². The molecule has 0 spiro atoms. The lowest BCUT2D eigenvalue weighted by Crippen LogP contribution is -2.58. The highest BCUT2D eigenvalue weighted by Crippen LogP contribution is 2.53. The first-order chi connectivity index (χ1) is 36.7. The van der Waals surface area contributed by atoms with Gasteiger partial charge >= 0.3 is 0 Å². The lowest BCUT2D eigenvalue weighted by Gasteiger charge is -2.34. The molecule has 2 aliphatic heterocycles. The molecule has 4 aromatic heterocycles. The number of fused-ring (bicyclic) bond motifs is 22. The zero-order valence-corrected chi connectivity index (χ0v) is 40.1. The lowest BCUT2D eigenvalue weighted by atomic mass is 9.35. The zero-order chi connectivity index (χ0) is 48.2. The molecule has 74 heavy (non-hydrogen) atoms. The van der Waals surface area contributed by atoms with Crippen molar-refractivity contribution in [1.29, 1.82) is 0 Å². The van der Waals surface area contributed by atoms with Gasteiger partial charge in [0.2, 0.25) is 0 Å². The van der Waals surface area contributed by atoms with Crippen molar-refractivity contribution in [3.63, 3.8) is 0 Å². The van der Waals surface area contributed by atoms with Crippen LogP contribution in [0, 0.1) is 0 Å². The van der Waals surface area contributed by atoms with Crippen molar-refractivity contribution in [2.75, 3.05) is 4.90 Å². The van der Waals surface area contributed by atoms with E-state index in [0.29, 0.717) is 11.3 Å². The Morgan fingerprint density at radius 3 is 1.38 bits per heavy atom. The summed E-state index contributed by atoms with van der Waals surface area (Å²) in [5, 5.41) is 8.05. The summed E-state index contributed by atoms with van der Waals surface area (Å²) in [7, 11) is 0. The fourth-order valence-electron chi connectivity index (χ4n) is 12.2. The van der Waals surface area contributed by atoms with Crippen LogP contribution in [0.25, 0.3) is 110 Å². The summed E-state index contributed by atoms with van der Waals surface area (Å²) in [6.07, 6.45) is 0. The highest BCUT2D eigenvalue weighted by atomic mass is 32.2. The quantitative estimate of drug-likeness (QED) is 0.159. The van der Waals surface area contributed by atoms with Gasteiger partial charge in [0.15, 0.2) is 11.3 Å². The van der Waals surface area contributed by atoms with Crippen LogP contribution in [0.3, 0.4) is 0 Å². The Morgan fingerprint density at radius 2 is 0.797 bits per heavy atom. The minimum atomic E-state index is -0.447. The van der Waals surface area contributed by atoms with Crippen LogP contribution < -0.4 is 26.0 Å². The molecule has 0 radical (unpaired) electrons. The second kappa shape index (κ2) is 15.1. The number of rotatable bonds is 5. The molecule has 0 saturated heterocycles.